The summed E-state index contributed by atoms with van der Waals surface area (Å²) in [6.45, 7) is 5.70. The number of hydrogen-bond donors (Lipinski definition) is 1. The molecular formula is C11H19N3S. The second-order valence-electron chi connectivity index (χ2n) is 3.83. The van der Waals surface area contributed by atoms with Crippen LogP contribution in [-0.2, 0) is 0 Å². The van der Waals surface area contributed by atoms with E-state index in [9.17, 15) is 0 Å². The zero-order valence-electron chi connectivity index (χ0n) is 9.53. The molecule has 0 aromatic heterocycles. The maximum atomic E-state index is 8.66. The van der Waals surface area contributed by atoms with Gasteiger partial charge in [0.2, 0.25) is 0 Å². The van der Waals surface area contributed by atoms with Crippen molar-refractivity contribution < 1.29 is 0 Å². The van der Waals surface area contributed by atoms with Gasteiger partial charge in [-0.15, -0.1) is 0 Å². The molecule has 0 aliphatic rings. The van der Waals surface area contributed by atoms with Crippen LogP contribution in [-0.4, -0.2) is 30.3 Å². The fourth-order valence-electron chi connectivity index (χ4n) is 1.59. The topological polar surface area (TPSA) is 50.8 Å². The molecule has 3 nitrogen and oxygen atoms in total. The molecule has 0 amide bonds. The van der Waals surface area contributed by atoms with Crippen molar-refractivity contribution in [2.24, 2.45) is 5.41 Å². The van der Waals surface area contributed by atoms with Gasteiger partial charge in [-0.05, 0) is 24.0 Å². The SMILES string of the molecule is CCC(CC)(CS)CN(CC#N)CC#N. The van der Waals surface area contributed by atoms with Crippen LogP contribution in [0.15, 0.2) is 0 Å². The molecule has 0 unspecified atom stereocenters. The van der Waals surface area contributed by atoms with E-state index >= 15 is 0 Å². The first-order valence-corrected chi connectivity index (χ1v) is 5.88. The van der Waals surface area contributed by atoms with Crippen molar-refractivity contribution in [3.63, 3.8) is 0 Å². The standard InChI is InChI=1S/C11H19N3S/c1-3-11(4-2,10-15)9-14(7-5-12)8-6-13/h15H,3-4,7-10H2,1-2H3. The Hall–Kier alpha value is -0.710. The molecule has 0 rings (SSSR count). The number of nitrogens with zero attached hydrogens (tertiary/aromatic N) is 3. The summed E-state index contributed by atoms with van der Waals surface area (Å²) in [5.74, 6) is 0.799. The van der Waals surface area contributed by atoms with Gasteiger partial charge in [-0.2, -0.15) is 23.2 Å². The predicted octanol–water partition coefficient (Wildman–Crippen LogP) is 2.07. The first-order chi connectivity index (χ1) is 7.17. The quantitative estimate of drug-likeness (QED) is 0.533. The number of nitriles is 2. The van der Waals surface area contributed by atoms with E-state index in [0.29, 0.717) is 13.1 Å². The number of rotatable bonds is 7. The number of hydrogen-bond acceptors (Lipinski definition) is 4. The van der Waals surface area contributed by atoms with Crippen LogP contribution >= 0.6 is 12.6 Å². The van der Waals surface area contributed by atoms with Crippen LogP contribution in [0.3, 0.4) is 0 Å². The molecule has 0 heterocycles. The molecule has 84 valence electrons. The fraction of sp³-hybridized carbons (Fsp3) is 0.818. The second-order valence-corrected chi connectivity index (χ2v) is 4.14. The minimum atomic E-state index is 0.136. The van der Waals surface area contributed by atoms with E-state index in [1.807, 2.05) is 4.90 Å². The highest BCUT2D eigenvalue weighted by atomic mass is 32.1. The van der Waals surface area contributed by atoms with E-state index in [1.165, 1.54) is 0 Å². The van der Waals surface area contributed by atoms with E-state index in [4.69, 9.17) is 10.5 Å². The lowest BCUT2D eigenvalue weighted by atomic mass is 9.84. The van der Waals surface area contributed by atoms with E-state index in [-0.39, 0.29) is 5.41 Å². The largest absolute Gasteiger partial charge is 0.277 e. The van der Waals surface area contributed by atoms with E-state index in [2.05, 4.69) is 38.6 Å². The van der Waals surface area contributed by atoms with Crippen molar-refractivity contribution in [3.05, 3.63) is 0 Å². The van der Waals surface area contributed by atoms with Crippen molar-refractivity contribution >= 4 is 12.6 Å². The average Bonchev–Trinajstić information content (AvgIpc) is 2.27. The maximum absolute atomic E-state index is 8.66. The molecule has 0 aliphatic carbocycles. The van der Waals surface area contributed by atoms with Gasteiger partial charge in [0.25, 0.3) is 0 Å². The summed E-state index contributed by atoms with van der Waals surface area (Å²) in [7, 11) is 0. The highest BCUT2D eigenvalue weighted by Crippen LogP contribution is 2.28. The van der Waals surface area contributed by atoms with Crippen LogP contribution in [0.25, 0.3) is 0 Å². The Balaban J connectivity index is 4.47. The maximum Gasteiger partial charge on any atom is 0.0874 e. The minimum absolute atomic E-state index is 0.136. The third-order valence-corrected chi connectivity index (χ3v) is 3.65. The normalized spacial score (nSPS) is 11.1. The summed E-state index contributed by atoms with van der Waals surface area (Å²) in [5, 5.41) is 17.3. The molecule has 0 saturated carbocycles. The van der Waals surface area contributed by atoms with Gasteiger partial charge in [0.15, 0.2) is 0 Å². The molecule has 0 aliphatic heterocycles. The summed E-state index contributed by atoms with van der Waals surface area (Å²) >= 11 is 4.38. The molecule has 0 aromatic carbocycles. The summed E-state index contributed by atoms with van der Waals surface area (Å²) < 4.78 is 0. The van der Waals surface area contributed by atoms with Crippen molar-refractivity contribution in [2.45, 2.75) is 26.7 Å². The molecule has 0 bridgehead atoms. The number of thiol groups is 1. The first-order valence-electron chi connectivity index (χ1n) is 5.25. The Morgan fingerprint density at radius 1 is 1.13 bits per heavy atom. The van der Waals surface area contributed by atoms with Crippen LogP contribution in [0, 0.1) is 28.1 Å². The Kier molecular flexibility index (Phi) is 7.21. The Bertz CT molecular complexity index is 223. The molecule has 0 aromatic rings. The molecular weight excluding hydrogens is 206 g/mol. The summed E-state index contributed by atoms with van der Waals surface area (Å²) in [6, 6.07) is 4.19. The lowest BCUT2D eigenvalue weighted by Crippen LogP contribution is -2.39. The molecule has 4 heteroatoms. The van der Waals surface area contributed by atoms with Crippen molar-refractivity contribution in [2.75, 3.05) is 25.4 Å². The Labute approximate surface area is 98.1 Å². The van der Waals surface area contributed by atoms with Crippen LogP contribution in [0.1, 0.15) is 26.7 Å². The van der Waals surface area contributed by atoms with E-state index in [1.54, 1.807) is 0 Å². The molecule has 15 heavy (non-hydrogen) atoms. The van der Waals surface area contributed by atoms with Gasteiger partial charge in [0.05, 0.1) is 25.2 Å². The van der Waals surface area contributed by atoms with Crippen LogP contribution in [0.5, 0.6) is 0 Å². The molecule has 0 fully saturated rings. The summed E-state index contributed by atoms with van der Waals surface area (Å²) in [4.78, 5) is 1.89. The Morgan fingerprint density at radius 2 is 1.60 bits per heavy atom. The molecule has 0 atom stereocenters. The lowest BCUT2D eigenvalue weighted by Gasteiger charge is -2.34. The van der Waals surface area contributed by atoms with E-state index in [0.717, 1.165) is 25.1 Å². The molecule has 0 N–H and O–H groups in total. The van der Waals surface area contributed by atoms with Crippen LogP contribution in [0.4, 0.5) is 0 Å². The van der Waals surface area contributed by atoms with Crippen molar-refractivity contribution in [1.29, 1.82) is 10.5 Å². The van der Waals surface area contributed by atoms with Gasteiger partial charge in [0, 0.05) is 6.54 Å². The third-order valence-electron chi connectivity index (χ3n) is 2.98. The average molecular weight is 225 g/mol. The third kappa shape index (κ3) is 4.55. The highest BCUT2D eigenvalue weighted by Gasteiger charge is 2.27. The van der Waals surface area contributed by atoms with Crippen molar-refractivity contribution in [1.82, 2.24) is 4.90 Å². The fourth-order valence-corrected chi connectivity index (χ4v) is 2.14. The minimum Gasteiger partial charge on any atom is -0.277 e. The van der Waals surface area contributed by atoms with Crippen LogP contribution < -0.4 is 0 Å². The molecule has 0 saturated heterocycles. The monoisotopic (exact) mass is 225 g/mol. The lowest BCUT2D eigenvalue weighted by molar-refractivity contribution is 0.185. The van der Waals surface area contributed by atoms with Crippen LogP contribution in [0.2, 0.25) is 0 Å². The van der Waals surface area contributed by atoms with Gasteiger partial charge < -0.3 is 0 Å². The summed E-state index contributed by atoms with van der Waals surface area (Å²) in [6.07, 6.45) is 2.06. The van der Waals surface area contributed by atoms with Gasteiger partial charge >= 0.3 is 0 Å². The predicted molar refractivity (Wildman–Crippen MR) is 64.5 cm³/mol. The smallest absolute Gasteiger partial charge is 0.0874 e. The van der Waals surface area contributed by atoms with Crippen molar-refractivity contribution in [3.8, 4) is 12.1 Å². The first kappa shape index (κ1) is 14.3. The van der Waals surface area contributed by atoms with Gasteiger partial charge in [-0.1, -0.05) is 13.8 Å². The second kappa shape index (κ2) is 7.56. The van der Waals surface area contributed by atoms with Gasteiger partial charge in [-0.3, -0.25) is 4.90 Å². The summed E-state index contributed by atoms with van der Waals surface area (Å²) in [5.41, 5.74) is 0.136. The zero-order valence-corrected chi connectivity index (χ0v) is 10.4. The zero-order chi connectivity index (χ0) is 11.7. The molecule has 0 spiro atoms. The highest BCUT2D eigenvalue weighted by molar-refractivity contribution is 7.80. The molecule has 0 radical (unpaired) electrons. The Morgan fingerprint density at radius 3 is 1.87 bits per heavy atom. The van der Waals surface area contributed by atoms with Gasteiger partial charge in [0.1, 0.15) is 0 Å². The van der Waals surface area contributed by atoms with E-state index < -0.39 is 0 Å². The van der Waals surface area contributed by atoms with Gasteiger partial charge in [-0.25, -0.2) is 0 Å².